The second-order valence-electron chi connectivity index (χ2n) is 5.41. The molecule has 0 aliphatic carbocycles. The maximum absolute atomic E-state index is 6.23. The first-order valence-corrected chi connectivity index (χ1v) is 8.44. The van der Waals surface area contributed by atoms with Crippen molar-refractivity contribution >= 4 is 34.8 Å². The van der Waals surface area contributed by atoms with Crippen LogP contribution in [-0.4, -0.2) is 31.1 Å². The van der Waals surface area contributed by atoms with Gasteiger partial charge in [0, 0.05) is 31.2 Å². The molecule has 2 aromatic rings. The topological polar surface area (TPSA) is 15.3 Å². The fraction of sp³-hybridized carbons (Fsp3) is 0.294. The van der Waals surface area contributed by atoms with Gasteiger partial charge in [-0.25, -0.2) is 0 Å². The highest BCUT2D eigenvalue weighted by Gasteiger charge is 2.24. The summed E-state index contributed by atoms with van der Waals surface area (Å²) in [6, 6.07) is 14.1. The second-order valence-corrected chi connectivity index (χ2v) is 6.66. The van der Waals surface area contributed by atoms with Gasteiger partial charge >= 0.3 is 0 Å². The summed E-state index contributed by atoms with van der Waals surface area (Å²) in [5.41, 5.74) is 2.36. The zero-order valence-corrected chi connectivity index (χ0v) is 14.3. The summed E-state index contributed by atoms with van der Waals surface area (Å²) < 4.78 is 0. The third-order valence-electron chi connectivity index (χ3n) is 3.96. The minimum absolute atomic E-state index is 0.161. The minimum Gasteiger partial charge on any atom is -0.314 e. The van der Waals surface area contributed by atoms with Gasteiger partial charge in [0.05, 0.1) is 16.1 Å². The number of rotatable bonds is 3. The first-order valence-electron chi connectivity index (χ1n) is 7.30. The average Bonchev–Trinajstić information content (AvgIpc) is 2.54. The van der Waals surface area contributed by atoms with Crippen molar-refractivity contribution in [1.29, 1.82) is 0 Å². The van der Waals surface area contributed by atoms with Gasteiger partial charge in [0.25, 0.3) is 0 Å². The molecule has 2 aromatic carbocycles. The fourth-order valence-corrected chi connectivity index (χ4v) is 3.31. The van der Waals surface area contributed by atoms with Crippen LogP contribution in [0.3, 0.4) is 0 Å². The van der Waals surface area contributed by atoms with E-state index < -0.39 is 0 Å². The van der Waals surface area contributed by atoms with Gasteiger partial charge in [0.1, 0.15) is 0 Å². The Morgan fingerprint density at radius 2 is 1.45 bits per heavy atom. The highest BCUT2D eigenvalue weighted by Crippen LogP contribution is 2.33. The third kappa shape index (κ3) is 3.58. The molecule has 1 aliphatic rings. The molecule has 0 aromatic heterocycles. The highest BCUT2D eigenvalue weighted by molar-refractivity contribution is 6.42. The molecule has 1 unspecified atom stereocenters. The fourth-order valence-electron chi connectivity index (χ4n) is 2.88. The van der Waals surface area contributed by atoms with E-state index in [4.69, 9.17) is 34.8 Å². The molecule has 0 amide bonds. The molecule has 3 rings (SSSR count). The van der Waals surface area contributed by atoms with Crippen LogP contribution in [-0.2, 0) is 0 Å². The number of hydrogen-bond acceptors (Lipinski definition) is 2. The molecule has 1 N–H and O–H groups in total. The molecule has 0 radical (unpaired) electrons. The van der Waals surface area contributed by atoms with E-state index in [1.54, 1.807) is 0 Å². The predicted octanol–water partition coefficient (Wildman–Crippen LogP) is 4.64. The predicted molar refractivity (Wildman–Crippen MR) is 94.2 cm³/mol. The van der Waals surface area contributed by atoms with E-state index in [1.165, 1.54) is 5.56 Å². The van der Waals surface area contributed by atoms with E-state index in [-0.39, 0.29) is 6.04 Å². The molecular weight excluding hydrogens is 339 g/mol. The molecular formula is C17H17Cl3N2. The van der Waals surface area contributed by atoms with Crippen LogP contribution < -0.4 is 5.32 Å². The summed E-state index contributed by atoms with van der Waals surface area (Å²) >= 11 is 18.3. The summed E-state index contributed by atoms with van der Waals surface area (Å²) in [4.78, 5) is 2.46. The van der Waals surface area contributed by atoms with Gasteiger partial charge in [0.2, 0.25) is 0 Å². The normalized spacial score (nSPS) is 17.4. The van der Waals surface area contributed by atoms with Gasteiger partial charge in [-0.1, -0.05) is 53.0 Å². The Labute approximate surface area is 146 Å². The Kier molecular flexibility index (Phi) is 5.27. The lowest BCUT2D eigenvalue weighted by Gasteiger charge is -2.35. The van der Waals surface area contributed by atoms with Crippen molar-refractivity contribution in [3.05, 3.63) is 68.7 Å². The summed E-state index contributed by atoms with van der Waals surface area (Å²) in [6.07, 6.45) is 0. The van der Waals surface area contributed by atoms with Gasteiger partial charge in [-0.05, 0) is 35.4 Å². The van der Waals surface area contributed by atoms with Crippen molar-refractivity contribution in [2.24, 2.45) is 0 Å². The zero-order chi connectivity index (χ0) is 15.5. The Morgan fingerprint density at radius 1 is 0.818 bits per heavy atom. The quantitative estimate of drug-likeness (QED) is 0.862. The van der Waals surface area contributed by atoms with Crippen LogP contribution in [0, 0.1) is 0 Å². The largest absolute Gasteiger partial charge is 0.314 e. The molecule has 1 aliphatic heterocycles. The molecule has 22 heavy (non-hydrogen) atoms. The van der Waals surface area contributed by atoms with Crippen LogP contribution >= 0.6 is 34.8 Å². The summed E-state index contributed by atoms with van der Waals surface area (Å²) in [7, 11) is 0. The lowest BCUT2D eigenvalue weighted by Crippen LogP contribution is -2.45. The molecule has 1 fully saturated rings. The first kappa shape index (κ1) is 16.1. The van der Waals surface area contributed by atoms with Gasteiger partial charge in [0.15, 0.2) is 0 Å². The average molecular weight is 356 g/mol. The number of nitrogens with zero attached hydrogens (tertiary/aromatic N) is 1. The van der Waals surface area contributed by atoms with E-state index in [9.17, 15) is 0 Å². The number of piperazine rings is 1. The van der Waals surface area contributed by atoms with E-state index >= 15 is 0 Å². The number of halogens is 3. The van der Waals surface area contributed by atoms with E-state index in [0.717, 1.165) is 36.8 Å². The summed E-state index contributed by atoms with van der Waals surface area (Å²) in [5, 5.41) is 5.31. The van der Waals surface area contributed by atoms with Crippen LogP contribution in [0.5, 0.6) is 0 Å². The Balaban J connectivity index is 2.01. The number of hydrogen-bond donors (Lipinski definition) is 1. The van der Waals surface area contributed by atoms with Gasteiger partial charge in [-0.2, -0.15) is 0 Å². The SMILES string of the molecule is Clc1ccc(C(c2ccc(Cl)c(Cl)c2)N2CCNCC2)cc1. The van der Waals surface area contributed by atoms with Gasteiger partial charge in [-0.15, -0.1) is 0 Å². The Bertz CT molecular complexity index is 637. The molecule has 0 saturated carbocycles. The maximum atomic E-state index is 6.23. The zero-order valence-electron chi connectivity index (χ0n) is 12.0. The summed E-state index contributed by atoms with van der Waals surface area (Å²) in [5.74, 6) is 0. The van der Waals surface area contributed by atoms with Crippen molar-refractivity contribution in [2.45, 2.75) is 6.04 Å². The number of nitrogens with one attached hydrogen (secondary N) is 1. The van der Waals surface area contributed by atoms with Crippen LogP contribution in [0.15, 0.2) is 42.5 Å². The van der Waals surface area contributed by atoms with Gasteiger partial charge in [-0.3, -0.25) is 4.90 Å². The number of benzene rings is 2. The monoisotopic (exact) mass is 354 g/mol. The highest BCUT2D eigenvalue weighted by atomic mass is 35.5. The minimum atomic E-state index is 0.161. The third-order valence-corrected chi connectivity index (χ3v) is 4.95. The molecule has 1 atom stereocenters. The Morgan fingerprint density at radius 3 is 2.09 bits per heavy atom. The maximum Gasteiger partial charge on any atom is 0.0603 e. The van der Waals surface area contributed by atoms with E-state index in [2.05, 4.69) is 28.4 Å². The van der Waals surface area contributed by atoms with Crippen molar-refractivity contribution < 1.29 is 0 Å². The van der Waals surface area contributed by atoms with Crippen LogP contribution in [0.1, 0.15) is 17.2 Å². The van der Waals surface area contributed by atoms with E-state index in [1.807, 2.05) is 24.3 Å². The molecule has 1 saturated heterocycles. The lowest BCUT2D eigenvalue weighted by atomic mass is 9.96. The van der Waals surface area contributed by atoms with Crippen LogP contribution in [0.2, 0.25) is 15.1 Å². The van der Waals surface area contributed by atoms with Crippen molar-refractivity contribution in [3.63, 3.8) is 0 Å². The van der Waals surface area contributed by atoms with Crippen LogP contribution in [0.25, 0.3) is 0 Å². The molecule has 0 spiro atoms. The second kappa shape index (κ2) is 7.20. The molecule has 116 valence electrons. The smallest absolute Gasteiger partial charge is 0.0603 e. The first-order chi connectivity index (χ1) is 10.6. The standard InChI is InChI=1S/C17H17Cl3N2/c18-14-4-1-12(2-5-14)17(22-9-7-21-8-10-22)13-3-6-15(19)16(20)11-13/h1-6,11,17,21H,7-10H2. The summed E-state index contributed by atoms with van der Waals surface area (Å²) in [6.45, 7) is 3.97. The lowest BCUT2D eigenvalue weighted by molar-refractivity contribution is 0.198. The van der Waals surface area contributed by atoms with Gasteiger partial charge < -0.3 is 5.32 Å². The molecule has 2 nitrogen and oxygen atoms in total. The van der Waals surface area contributed by atoms with Crippen molar-refractivity contribution in [1.82, 2.24) is 10.2 Å². The molecule has 0 bridgehead atoms. The van der Waals surface area contributed by atoms with Crippen molar-refractivity contribution in [2.75, 3.05) is 26.2 Å². The Hall–Kier alpha value is -0.770. The van der Waals surface area contributed by atoms with E-state index in [0.29, 0.717) is 10.0 Å². The molecule has 1 heterocycles. The van der Waals surface area contributed by atoms with Crippen molar-refractivity contribution in [3.8, 4) is 0 Å². The van der Waals surface area contributed by atoms with Crippen LogP contribution in [0.4, 0.5) is 0 Å². The molecule has 5 heteroatoms.